The van der Waals surface area contributed by atoms with Crippen molar-refractivity contribution in [3.8, 4) is 0 Å². The van der Waals surface area contributed by atoms with Gasteiger partial charge in [0, 0.05) is 25.3 Å². The molecule has 2 unspecified atom stereocenters. The smallest absolute Gasteiger partial charge is 0.253 e. The fourth-order valence-corrected chi connectivity index (χ4v) is 7.90. The van der Waals surface area contributed by atoms with E-state index in [1.54, 1.807) is 26.9 Å². The van der Waals surface area contributed by atoms with Crippen LogP contribution in [0.2, 0.25) is 0 Å². The summed E-state index contributed by atoms with van der Waals surface area (Å²) in [4.78, 5) is 49.0. The zero-order chi connectivity index (χ0) is 31.0. The maximum atomic E-state index is 15.0. The van der Waals surface area contributed by atoms with Crippen molar-refractivity contribution < 1.29 is 24.2 Å². The third-order valence-corrected chi connectivity index (χ3v) is 10.0. The number of hydrogen-bond donors (Lipinski definition) is 1. The minimum atomic E-state index is -1.17. The lowest BCUT2D eigenvalue weighted by molar-refractivity contribution is -0.153. The molecule has 3 fully saturated rings. The van der Waals surface area contributed by atoms with Crippen LogP contribution in [0, 0.1) is 31.6 Å². The highest BCUT2D eigenvalue weighted by Gasteiger charge is 2.79. The number of amides is 3. The van der Waals surface area contributed by atoms with Crippen LogP contribution in [-0.4, -0.2) is 82.2 Å². The molecule has 8 nitrogen and oxygen atoms in total. The van der Waals surface area contributed by atoms with Crippen LogP contribution in [-0.2, 0) is 19.1 Å². The summed E-state index contributed by atoms with van der Waals surface area (Å²) in [7, 11) is 0. The maximum absolute atomic E-state index is 15.0. The Kier molecular flexibility index (Phi) is 9.38. The molecule has 230 valence electrons. The van der Waals surface area contributed by atoms with E-state index in [-0.39, 0.29) is 36.8 Å². The Morgan fingerprint density at radius 2 is 1.79 bits per heavy atom. The zero-order valence-electron chi connectivity index (χ0n) is 26.3. The zero-order valence-corrected chi connectivity index (χ0v) is 26.3. The van der Waals surface area contributed by atoms with E-state index in [9.17, 15) is 19.5 Å². The van der Waals surface area contributed by atoms with Crippen LogP contribution < -0.4 is 4.90 Å². The first-order chi connectivity index (χ1) is 20.0. The lowest BCUT2D eigenvalue weighted by Crippen LogP contribution is -2.60. The molecule has 3 aliphatic rings. The third kappa shape index (κ3) is 4.90. The molecule has 2 bridgehead atoms. The van der Waals surface area contributed by atoms with Crippen LogP contribution in [0.15, 0.2) is 43.5 Å². The largest absolute Gasteiger partial charge is 0.394 e. The molecule has 3 saturated heterocycles. The van der Waals surface area contributed by atoms with E-state index < -0.39 is 35.1 Å². The molecule has 8 heteroatoms. The molecule has 0 saturated carbocycles. The first-order valence-electron chi connectivity index (χ1n) is 15.5. The minimum absolute atomic E-state index is 0.0724. The van der Waals surface area contributed by atoms with Gasteiger partial charge < -0.3 is 24.5 Å². The number of fused-ring (bicyclic) bond motifs is 1. The lowest BCUT2D eigenvalue weighted by atomic mass is 9.66. The number of hydrogen-bond acceptors (Lipinski definition) is 5. The van der Waals surface area contributed by atoms with Crippen molar-refractivity contribution in [3.05, 3.63) is 54.6 Å². The highest BCUT2D eigenvalue weighted by atomic mass is 16.5. The van der Waals surface area contributed by atoms with Gasteiger partial charge in [0.2, 0.25) is 11.8 Å². The Hall–Kier alpha value is -2.97. The van der Waals surface area contributed by atoms with Crippen LogP contribution in [0.4, 0.5) is 5.69 Å². The van der Waals surface area contributed by atoms with Crippen LogP contribution in [0.3, 0.4) is 0 Å². The molecule has 7 atom stereocenters. The molecular formula is C34H49N3O5. The predicted octanol–water partition coefficient (Wildman–Crippen LogP) is 4.42. The van der Waals surface area contributed by atoms with Crippen molar-refractivity contribution in [2.24, 2.45) is 17.8 Å². The molecular weight excluding hydrogens is 530 g/mol. The quantitative estimate of drug-likeness (QED) is 0.350. The summed E-state index contributed by atoms with van der Waals surface area (Å²) in [5.41, 5.74) is 0.609. The average molecular weight is 580 g/mol. The van der Waals surface area contributed by atoms with Gasteiger partial charge in [0.15, 0.2) is 0 Å². The number of carbonyl (C=O) groups is 3. The molecule has 3 heterocycles. The van der Waals surface area contributed by atoms with Crippen LogP contribution in [0.1, 0.15) is 64.5 Å². The van der Waals surface area contributed by atoms with Crippen molar-refractivity contribution in [1.82, 2.24) is 9.80 Å². The second kappa shape index (κ2) is 12.3. The van der Waals surface area contributed by atoms with E-state index in [0.29, 0.717) is 32.4 Å². The summed E-state index contributed by atoms with van der Waals surface area (Å²) >= 11 is 0. The Morgan fingerprint density at radius 3 is 2.33 bits per heavy atom. The number of para-hydroxylation sites is 1. The van der Waals surface area contributed by atoms with Crippen molar-refractivity contribution >= 4 is 23.4 Å². The molecule has 0 aromatic heterocycles. The average Bonchev–Trinajstić information content (AvgIpc) is 3.52. The van der Waals surface area contributed by atoms with Crippen molar-refractivity contribution in [3.63, 3.8) is 0 Å². The first kappa shape index (κ1) is 32.0. The molecule has 4 rings (SSSR count). The highest BCUT2D eigenvalue weighted by Crippen LogP contribution is 2.64. The fourth-order valence-electron chi connectivity index (χ4n) is 7.90. The molecule has 1 spiro atoms. The van der Waals surface area contributed by atoms with Gasteiger partial charge in [-0.05, 0) is 57.1 Å². The van der Waals surface area contributed by atoms with Crippen molar-refractivity contribution in [1.29, 1.82) is 0 Å². The monoisotopic (exact) mass is 579 g/mol. The van der Waals surface area contributed by atoms with Gasteiger partial charge in [-0.1, -0.05) is 57.5 Å². The standard InChI is InChI=1S/C34H49N3O5/c1-9-18-35(19-10-2)30(39)26-27-31(40)37(25(21-38)22(5)12-4)29(34(27)17-16-33(26,8)42-34)32(41)36(20-11-3)28-23(6)14-13-15-24(28)7/h9,11,13-15,22,25-27,29,38H,1,3,10,12,16-21H2,2,4-8H3/t22-,25-,26+,27-,29?,33-,34?/m0/s1. The van der Waals surface area contributed by atoms with Gasteiger partial charge in [-0.25, -0.2) is 0 Å². The Morgan fingerprint density at radius 1 is 1.14 bits per heavy atom. The third-order valence-electron chi connectivity index (χ3n) is 10.0. The lowest BCUT2D eigenvalue weighted by Gasteiger charge is -2.41. The van der Waals surface area contributed by atoms with Gasteiger partial charge in [-0.2, -0.15) is 0 Å². The van der Waals surface area contributed by atoms with E-state index in [2.05, 4.69) is 13.2 Å². The molecule has 3 aliphatic heterocycles. The van der Waals surface area contributed by atoms with Crippen LogP contribution in [0.5, 0.6) is 0 Å². The summed E-state index contributed by atoms with van der Waals surface area (Å²) in [5.74, 6) is -2.28. The summed E-state index contributed by atoms with van der Waals surface area (Å²) in [6, 6.07) is 4.31. The van der Waals surface area contributed by atoms with E-state index in [0.717, 1.165) is 23.2 Å². The molecule has 42 heavy (non-hydrogen) atoms. The van der Waals surface area contributed by atoms with Crippen LogP contribution >= 0.6 is 0 Å². The predicted molar refractivity (Wildman–Crippen MR) is 165 cm³/mol. The van der Waals surface area contributed by atoms with Gasteiger partial charge in [-0.3, -0.25) is 14.4 Å². The molecule has 0 aliphatic carbocycles. The molecule has 0 radical (unpaired) electrons. The summed E-state index contributed by atoms with van der Waals surface area (Å²) in [6.07, 6.45) is 5.93. The fraction of sp³-hybridized carbons (Fsp3) is 0.618. The normalized spacial score (nSPS) is 29.3. The summed E-state index contributed by atoms with van der Waals surface area (Å²) in [6.45, 7) is 20.5. The molecule has 1 aromatic carbocycles. The molecule has 3 amide bonds. The topological polar surface area (TPSA) is 90.4 Å². The Balaban J connectivity index is 1.90. The van der Waals surface area contributed by atoms with Crippen molar-refractivity contribution in [2.75, 3.05) is 31.1 Å². The van der Waals surface area contributed by atoms with Gasteiger partial charge in [-0.15, -0.1) is 13.2 Å². The summed E-state index contributed by atoms with van der Waals surface area (Å²) in [5, 5.41) is 10.7. The number of anilines is 1. The Bertz CT molecular complexity index is 1210. The van der Waals surface area contributed by atoms with Crippen molar-refractivity contribution in [2.45, 2.75) is 90.5 Å². The SMILES string of the molecule is C=CCN(CCC)C(=O)[C@H]1[C@H]2C(=O)N([C@@H](CO)[C@@H](C)CC)C(C(=O)N(CC=C)c3c(C)cccc3C)C23CC[C@]1(C)O3. The maximum Gasteiger partial charge on any atom is 0.253 e. The van der Waals surface area contributed by atoms with Crippen LogP contribution in [0.25, 0.3) is 0 Å². The van der Waals surface area contributed by atoms with E-state index in [1.165, 1.54) is 0 Å². The number of rotatable bonds is 13. The van der Waals surface area contributed by atoms with Gasteiger partial charge in [0.1, 0.15) is 11.6 Å². The van der Waals surface area contributed by atoms with Gasteiger partial charge in [0.05, 0.1) is 30.1 Å². The second-order valence-corrected chi connectivity index (χ2v) is 12.7. The first-order valence-corrected chi connectivity index (χ1v) is 15.5. The number of benzene rings is 1. The van der Waals surface area contributed by atoms with E-state index in [4.69, 9.17) is 4.74 Å². The number of aliphatic hydroxyl groups excluding tert-OH is 1. The highest BCUT2D eigenvalue weighted by molar-refractivity contribution is 6.06. The van der Waals surface area contributed by atoms with E-state index in [1.807, 2.05) is 59.7 Å². The number of nitrogens with zero attached hydrogens (tertiary/aromatic N) is 3. The number of carbonyl (C=O) groups excluding carboxylic acids is 3. The minimum Gasteiger partial charge on any atom is -0.394 e. The van der Waals surface area contributed by atoms with E-state index >= 15 is 0 Å². The number of aliphatic hydroxyl groups is 1. The number of likely N-dealkylation sites (tertiary alicyclic amines) is 1. The molecule has 1 N–H and O–H groups in total. The van der Waals surface area contributed by atoms with Gasteiger partial charge in [0.25, 0.3) is 5.91 Å². The second-order valence-electron chi connectivity index (χ2n) is 12.7. The molecule has 1 aromatic rings. The summed E-state index contributed by atoms with van der Waals surface area (Å²) < 4.78 is 6.89. The van der Waals surface area contributed by atoms with Gasteiger partial charge >= 0.3 is 0 Å². The number of aryl methyl sites for hydroxylation is 2. The Labute approximate surface area is 251 Å². The number of ether oxygens (including phenoxy) is 1.